The monoisotopic (exact) mass is 277 g/mol. The number of methoxy groups -OCH3 is 2. The first-order chi connectivity index (χ1) is 9.31. The lowest BCUT2D eigenvalue weighted by Crippen LogP contribution is -2.21. The molecule has 1 atom stereocenters. The fraction of sp³-hybridized carbons (Fsp3) is 0.333. The number of benzene rings is 1. The largest absolute Gasteiger partial charge is 0.493 e. The molecule has 1 unspecified atom stereocenters. The van der Waals surface area contributed by atoms with Gasteiger partial charge in [0.1, 0.15) is 0 Å². The minimum Gasteiger partial charge on any atom is -0.493 e. The van der Waals surface area contributed by atoms with E-state index in [1.807, 2.05) is 12.1 Å². The molecule has 0 aliphatic heterocycles. The van der Waals surface area contributed by atoms with Crippen molar-refractivity contribution in [2.24, 2.45) is 0 Å². The van der Waals surface area contributed by atoms with Crippen molar-refractivity contribution in [3.8, 4) is 11.5 Å². The van der Waals surface area contributed by atoms with Gasteiger partial charge >= 0.3 is 0 Å². The molecular weight excluding hydrogens is 258 g/mol. The standard InChI is InChI=1S/C15H19NO2S/c1-4-16-14(13-9-6-10-19-13)11-7-5-8-12(17-2)15(11)18-3/h5-10,14,16H,4H2,1-3H3. The first kappa shape index (κ1) is 13.9. The summed E-state index contributed by atoms with van der Waals surface area (Å²) < 4.78 is 10.9. The molecule has 2 rings (SSSR count). The summed E-state index contributed by atoms with van der Waals surface area (Å²) in [5.41, 5.74) is 1.10. The van der Waals surface area contributed by atoms with Crippen molar-refractivity contribution in [2.45, 2.75) is 13.0 Å². The highest BCUT2D eigenvalue weighted by molar-refractivity contribution is 7.10. The highest BCUT2D eigenvalue weighted by atomic mass is 32.1. The second kappa shape index (κ2) is 6.59. The third kappa shape index (κ3) is 2.91. The molecule has 4 heteroatoms. The van der Waals surface area contributed by atoms with Crippen LogP contribution in [0, 0.1) is 0 Å². The van der Waals surface area contributed by atoms with Crippen molar-refractivity contribution in [3.05, 3.63) is 46.2 Å². The van der Waals surface area contributed by atoms with Crippen LogP contribution in [0.3, 0.4) is 0 Å². The molecule has 0 aliphatic rings. The SMILES string of the molecule is CCNC(c1cccs1)c1cccc(OC)c1OC. The topological polar surface area (TPSA) is 30.5 Å². The van der Waals surface area contributed by atoms with E-state index < -0.39 is 0 Å². The molecule has 0 bridgehead atoms. The summed E-state index contributed by atoms with van der Waals surface area (Å²) >= 11 is 1.74. The molecule has 1 aromatic carbocycles. The summed E-state index contributed by atoms with van der Waals surface area (Å²) in [5, 5.41) is 5.59. The quantitative estimate of drug-likeness (QED) is 0.877. The highest BCUT2D eigenvalue weighted by Crippen LogP contribution is 2.38. The Hall–Kier alpha value is -1.52. The predicted molar refractivity (Wildman–Crippen MR) is 79.4 cm³/mol. The van der Waals surface area contributed by atoms with E-state index in [4.69, 9.17) is 9.47 Å². The van der Waals surface area contributed by atoms with Crippen LogP contribution in [0.5, 0.6) is 11.5 Å². The summed E-state index contributed by atoms with van der Waals surface area (Å²) in [6, 6.07) is 10.3. The predicted octanol–water partition coefficient (Wildman–Crippen LogP) is 3.46. The zero-order chi connectivity index (χ0) is 13.7. The molecule has 1 aromatic heterocycles. The zero-order valence-corrected chi connectivity index (χ0v) is 12.3. The molecule has 0 radical (unpaired) electrons. The van der Waals surface area contributed by atoms with Crippen LogP contribution in [0.4, 0.5) is 0 Å². The molecule has 3 nitrogen and oxygen atoms in total. The Kier molecular flexibility index (Phi) is 4.82. The van der Waals surface area contributed by atoms with Gasteiger partial charge in [-0.25, -0.2) is 0 Å². The van der Waals surface area contributed by atoms with Gasteiger partial charge in [-0.05, 0) is 24.1 Å². The van der Waals surface area contributed by atoms with E-state index in [1.54, 1.807) is 25.6 Å². The maximum Gasteiger partial charge on any atom is 0.165 e. The molecule has 0 spiro atoms. The van der Waals surface area contributed by atoms with Gasteiger partial charge in [-0.2, -0.15) is 0 Å². The number of thiophene rings is 1. The minimum absolute atomic E-state index is 0.134. The molecule has 0 fully saturated rings. The van der Waals surface area contributed by atoms with E-state index in [1.165, 1.54) is 4.88 Å². The molecule has 0 aliphatic carbocycles. The Balaban J connectivity index is 2.47. The van der Waals surface area contributed by atoms with Crippen molar-refractivity contribution >= 4 is 11.3 Å². The minimum atomic E-state index is 0.134. The maximum atomic E-state index is 5.53. The highest BCUT2D eigenvalue weighted by Gasteiger charge is 2.20. The van der Waals surface area contributed by atoms with Crippen LogP contribution < -0.4 is 14.8 Å². The van der Waals surface area contributed by atoms with Gasteiger partial charge in [-0.3, -0.25) is 0 Å². The van der Waals surface area contributed by atoms with Crippen LogP contribution in [-0.4, -0.2) is 20.8 Å². The maximum absolute atomic E-state index is 5.53. The molecule has 0 saturated heterocycles. The van der Waals surface area contributed by atoms with Gasteiger partial charge < -0.3 is 14.8 Å². The molecule has 19 heavy (non-hydrogen) atoms. The van der Waals surface area contributed by atoms with Crippen LogP contribution in [0.15, 0.2) is 35.7 Å². The average Bonchev–Trinajstić information content (AvgIpc) is 2.97. The van der Waals surface area contributed by atoms with Crippen LogP contribution in [0.2, 0.25) is 0 Å². The molecule has 1 N–H and O–H groups in total. The zero-order valence-electron chi connectivity index (χ0n) is 11.5. The Morgan fingerprint density at radius 2 is 2.00 bits per heavy atom. The Bertz CT molecular complexity index is 511. The van der Waals surface area contributed by atoms with Gasteiger partial charge in [0.05, 0.1) is 20.3 Å². The number of nitrogens with one attached hydrogen (secondary N) is 1. The third-order valence-corrected chi connectivity index (χ3v) is 3.92. The van der Waals surface area contributed by atoms with Gasteiger partial charge in [0.25, 0.3) is 0 Å². The Morgan fingerprint density at radius 1 is 1.16 bits per heavy atom. The van der Waals surface area contributed by atoms with Crippen LogP contribution >= 0.6 is 11.3 Å². The molecule has 0 saturated carbocycles. The lowest BCUT2D eigenvalue weighted by molar-refractivity contribution is 0.349. The summed E-state index contributed by atoms with van der Waals surface area (Å²) in [5.74, 6) is 1.56. The van der Waals surface area contributed by atoms with Gasteiger partial charge in [0, 0.05) is 10.4 Å². The average molecular weight is 277 g/mol. The van der Waals surface area contributed by atoms with E-state index in [9.17, 15) is 0 Å². The van der Waals surface area contributed by atoms with Crippen molar-refractivity contribution in [2.75, 3.05) is 20.8 Å². The molecule has 0 amide bonds. The van der Waals surface area contributed by atoms with E-state index in [0.29, 0.717) is 0 Å². The molecular formula is C15H19NO2S. The molecule has 102 valence electrons. The second-order valence-corrected chi connectivity index (χ2v) is 5.07. The van der Waals surface area contributed by atoms with Crippen molar-refractivity contribution < 1.29 is 9.47 Å². The fourth-order valence-corrected chi connectivity index (χ4v) is 2.98. The lowest BCUT2D eigenvalue weighted by Gasteiger charge is -2.21. The smallest absolute Gasteiger partial charge is 0.165 e. The third-order valence-electron chi connectivity index (χ3n) is 2.98. The van der Waals surface area contributed by atoms with Crippen molar-refractivity contribution in [3.63, 3.8) is 0 Å². The molecule has 2 aromatic rings. The van der Waals surface area contributed by atoms with Crippen molar-refractivity contribution in [1.29, 1.82) is 0 Å². The summed E-state index contributed by atoms with van der Waals surface area (Å²) in [6.45, 7) is 3.00. The summed E-state index contributed by atoms with van der Waals surface area (Å²) in [7, 11) is 3.34. The summed E-state index contributed by atoms with van der Waals surface area (Å²) in [4.78, 5) is 1.27. The van der Waals surface area contributed by atoms with Crippen LogP contribution in [0.1, 0.15) is 23.4 Å². The summed E-state index contributed by atoms with van der Waals surface area (Å²) in [6.07, 6.45) is 0. The van der Waals surface area contributed by atoms with E-state index in [0.717, 1.165) is 23.6 Å². The van der Waals surface area contributed by atoms with Gasteiger partial charge in [-0.1, -0.05) is 25.1 Å². The number of hydrogen-bond donors (Lipinski definition) is 1. The Labute approximate surface area is 118 Å². The van der Waals surface area contributed by atoms with Gasteiger partial charge in [0.2, 0.25) is 0 Å². The van der Waals surface area contributed by atoms with Gasteiger partial charge in [0.15, 0.2) is 11.5 Å². The van der Waals surface area contributed by atoms with E-state index >= 15 is 0 Å². The fourth-order valence-electron chi connectivity index (χ4n) is 2.16. The number of para-hydroxylation sites is 1. The number of hydrogen-bond acceptors (Lipinski definition) is 4. The lowest BCUT2D eigenvalue weighted by atomic mass is 10.0. The first-order valence-corrected chi connectivity index (χ1v) is 7.17. The van der Waals surface area contributed by atoms with E-state index in [-0.39, 0.29) is 6.04 Å². The van der Waals surface area contributed by atoms with Gasteiger partial charge in [-0.15, -0.1) is 11.3 Å². The number of rotatable bonds is 6. The van der Waals surface area contributed by atoms with E-state index in [2.05, 4.69) is 35.8 Å². The number of ether oxygens (including phenoxy) is 2. The van der Waals surface area contributed by atoms with Crippen LogP contribution in [0.25, 0.3) is 0 Å². The van der Waals surface area contributed by atoms with Crippen molar-refractivity contribution in [1.82, 2.24) is 5.32 Å². The normalized spacial score (nSPS) is 12.2. The Morgan fingerprint density at radius 3 is 2.58 bits per heavy atom. The first-order valence-electron chi connectivity index (χ1n) is 6.29. The molecule has 1 heterocycles. The van der Waals surface area contributed by atoms with Crippen LogP contribution in [-0.2, 0) is 0 Å². The second-order valence-electron chi connectivity index (χ2n) is 4.09.